The lowest BCUT2D eigenvalue weighted by Gasteiger charge is -2.21. The standard InChI is InChI=1S/C19H31N3OS/c1-15(11-13-22(2)3)21-18(23)17-10-7-12-20-19(17)24-14-16-8-5-4-6-9-16/h7,10,12,15-16H,4-6,8-9,11,13-14H2,1-3H3,(H,21,23). The van der Waals surface area contributed by atoms with E-state index in [-0.39, 0.29) is 11.9 Å². The minimum absolute atomic E-state index is 0.000463. The Hall–Kier alpha value is -1.07. The van der Waals surface area contributed by atoms with Crippen LogP contribution in [0.5, 0.6) is 0 Å². The number of hydrogen-bond donors (Lipinski definition) is 1. The number of carbonyl (C=O) groups excluding carboxylic acids is 1. The molecular formula is C19H31N3OS. The molecule has 1 unspecified atom stereocenters. The van der Waals surface area contributed by atoms with Crippen molar-refractivity contribution < 1.29 is 4.79 Å². The summed E-state index contributed by atoms with van der Waals surface area (Å²) in [6.45, 7) is 3.03. The van der Waals surface area contributed by atoms with E-state index in [4.69, 9.17) is 0 Å². The molecule has 1 saturated carbocycles. The summed E-state index contributed by atoms with van der Waals surface area (Å²) in [6.07, 6.45) is 9.46. The van der Waals surface area contributed by atoms with Gasteiger partial charge in [-0.2, -0.15) is 0 Å². The zero-order valence-corrected chi connectivity index (χ0v) is 16.1. The topological polar surface area (TPSA) is 45.2 Å². The first-order chi connectivity index (χ1) is 11.6. The average Bonchev–Trinajstić information content (AvgIpc) is 2.59. The van der Waals surface area contributed by atoms with Crippen LogP contribution in [0.15, 0.2) is 23.4 Å². The monoisotopic (exact) mass is 349 g/mol. The Morgan fingerprint density at radius 3 is 2.83 bits per heavy atom. The highest BCUT2D eigenvalue weighted by atomic mass is 32.2. The molecule has 1 aromatic rings. The zero-order valence-electron chi connectivity index (χ0n) is 15.3. The normalized spacial score (nSPS) is 17.0. The summed E-state index contributed by atoms with van der Waals surface area (Å²) in [4.78, 5) is 19.2. The highest BCUT2D eigenvalue weighted by Gasteiger charge is 2.18. The van der Waals surface area contributed by atoms with E-state index in [2.05, 4.69) is 36.2 Å². The summed E-state index contributed by atoms with van der Waals surface area (Å²) in [7, 11) is 4.10. The lowest BCUT2D eigenvalue weighted by atomic mass is 9.91. The molecule has 24 heavy (non-hydrogen) atoms. The third-order valence-corrected chi connectivity index (χ3v) is 5.82. The van der Waals surface area contributed by atoms with E-state index >= 15 is 0 Å². The second-order valence-corrected chi connectivity index (χ2v) is 8.15. The van der Waals surface area contributed by atoms with Gasteiger partial charge in [0.1, 0.15) is 5.03 Å². The van der Waals surface area contributed by atoms with E-state index < -0.39 is 0 Å². The van der Waals surface area contributed by atoms with Crippen molar-refractivity contribution in [2.75, 3.05) is 26.4 Å². The Bertz CT molecular complexity index is 515. The van der Waals surface area contributed by atoms with Crippen LogP contribution < -0.4 is 5.32 Å². The lowest BCUT2D eigenvalue weighted by Crippen LogP contribution is -2.35. The molecule has 1 aliphatic rings. The van der Waals surface area contributed by atoms with E-state index in [0.717, 1.165) is 35.2 Å². The number of nitrogens with one attached hydrogen (secondary N) is 1. The highest BCUT2D eigenvalue weighted by Crippen LogP contribution is 2.30. The zero-order chi connectivity index (χ0) is 17.4. The maximum absolute atomic E-state index is 12.6. The van der Waals surface area contributed by atoms with Gasteiger partial charge in [-0.1, -0.05) is 19.3 Å². The number of amides is 1. The second kappa shape index (κ2) is 10.0. The third-order valence-electron chi connectivity index (χ3n) is 4.58. The lowest BCUT2D eigenvalue weighted by molar-refractivity contribution is 0.0933. The Morgan fingerprint density at radius 1 is 1.38 bits per heavy atom. The van der Waals surface area contributed by atoms with Gasteiger partial charge in [-0.25, -0.2) is 4.98 Å². The molecule has 0 radical (unpaired) electrons. The maximum atomic E-state index is 12.6. The van der Waals surface area contributed by atoms with Gasteiger partial charge in [0.15, 0.2) is 0 Å². The van der Waals surface area contributed by atoms with Crippen molar-refractivity contribution in [3.63, 3.8) is 0 Å². The molecule has 0 saturated heterocycles. The molecule has 2 rings (SSSR count). The Kier molecular flexibility index (Phi) is 8.06. The molecule has 1 N–H and O–H groups in total. The number of carbonyl (C=O) groups is 1. The minimum Gasteiger partial charge on any atom is -0.349 e. The van der Waals surface area contributed by atoms with Crippen molar-refractivity contribution >= 4 is 17.7 Å². The summed E-state index contributed by atoms with van der Waals surface area (Å²) >= 11 is 1.75. The van der Waals surface area contributed by atoms with Crippen LogP contribution in [0.25, 0.3) is 0 Å². The number of thioether (sulfide) groups is 1. The minimum atomic E-state index is 0.000463. The molecule has 1 amide bonds. The number of hydrogen-bond acceptors (Lipinski definition) is 4. The molecular weight excluding hydrogens is 318 g/mol. The summed E-state index contributed by atoms with van der Waals surface area (Å²) in [6, 6.07) is 3.91. The van der Waals surface area contributed by atoms with Crippen LogP contribution in [0.3, 0.4) is 0 Å². The van der Waals surface area contributed by atoms with Crippen LogP contribution in [-0.2, 0) is 0 Å². The predicted octanol–water partition coefficient (Wildman–Crippen LogP) is 3.82. The van der Waals surface area contributed by atoms with Gasteiger partial charge in [-0.15, -0.1) is 11.8 Å². The van der Waals surface area contributed by atoms with E-state index in [1.54, 1.807) is 18.0 Å². The molecule has 1 aliphatic carbocycles. The predicted molar refractivity (Wildman–Crippen MR) is 102 cm³/mol. The van der Waals surface area contributed by atoms with Crippen molar-refractivity contribution in [2.45, 2.75) is 56.5 Å². The molecule has 0 spiro atoms. The molecule has 1 heterocycles. The first kappa shape index (κ1) is 19.3. The molecule has 1 fully saturated rings. The van der Waals surface area contributed by atoms with Crippen LogP contribution in [-0.4, -0.2) is 48.2 Å². The molecule has 134 valence electrons. The van der Waals surface area contributed by atoms with Crippen molar-refractivity contribution in [3.8, 4) is 0 Å². The first-order valence-electron chi connectivity index (χ1n) is 9.09. The summed E-state index contributed by atoms with van der Waals surface area (Å²) in [5, 5.41) is 3.99. The van der Waals surface area contributed by atoms with Gasteiger partial charge in [-0.3, -0.25) is 4.79 Å². The first-order valence-corrected chi connectivity index (χ1v) is 10.1. The summed E-state index contributed by atoms with van der Waals surface area (Å²) in [5.74, 6) is 1.86. The van der Waals surface area contributed by atoms with E-state index in [1.807, 2.05) is 12.1 Å². The number of pyridine rings is 1. The van der Waals surface area contributed by atoms with Gasteiger partial charge in [0.2, 0.25) is 0 Å². The Balaban J connectivity index is 1.90. The highest BCUT2D eigenvalue weighted by molar-refractivity contribution is 7.99. The van der Waals surface area contributed by atoms with E-state index in [1.165, 1.54) is 32.1 Å². The molecule has 1 aromatic heterocycles. The van der Waals surface area contributed by atoms with Gasteiger partial charge >= 0.3 is 0 Å². The SMILES string of the molecule is CC(CCN(C)C)NC(=O)c1cccnc1SCC1CCCCC1. The Labute approximate surface area is 150 Å². The average molecular weight is 350 g/mol. The van der Waals surface area contributed by atoms with Gasteiger partial charge in [0.25, 0.3) is 5.91 Å². The van der Waals surface area contributed by atoms with Crippen LogP contribution >= 0.6 is 11.8 Å². The van der Waals surface area contributed by atoms with Crippen LogP contribution in [0.2, 0.25) is 0 Å². The number of aromatic nitrogens is 1. The van der Waals surface area contributed by atoms with Crippen molar-refractivity contribution in [2.24, 2.45) is 5.92 Å². The fourth-order valence-corrected chi connectivity index (χ4v) is 4.23. The van der Waals surface area contributed by atoms with Crippen LogP contribution in [0.4, 0.5) is 0 Å². The summed E-state index contributed by atoms with van der Waals surface area (Å²) < 4.78 is 0. The van der Waals surface area contributed by atoms with Crippen molar-refractivity contribution in [3.05, 3.63) is 23.9 Å². The number of nitrogens with zero attached hydrogens (tertiary/aromatic N) is 2. The van der Waals surface area contributed by atoms with Gasteiger partial charge in [-0.05, 0) is 64.9 Å². The van der Waals surface area contributed by atoms with Gasteiger partial charge < -0.3 is 10.2 Å². The summed E-state index contributed by atoms with van der Waals surface area (Å²) in [5.41, 5.74) is 0.718. The Morgan fingerprint density at radius 2 is 2.12 bits per heavy atom. The van der Waals surface area contributed by atoms with E-state index in [0.29, 0.717) is 0 Å². The van der Waals surface area contributed by atoms with E-state index in [9.17, 15) is 4.79 Å². The van der Waals surface area contributed by atoms with Crippen molar-refractivity contribution in [1.29, 1.82) is 0 Å². The van der Waals surface area contributed by atoms with Gasteiger partial charge in [0, 0.05) is 18.0 Å². The largest absolute Gasteiger partial charge is 0.349 e. The molecule has 4 nitrogen and oxygen atoms in total. The van der Waals surface area contributed by atoms with Crippen LogP contribution in [0.1, 0.15) is 55.8 Å². The maximum Gasteiger partial charge on any atom is 0.254 e. The molecule has 0 aromatic carbocycles. The quantitative estimate of drug-likeness (QED) is 0.725. The third kappa shape index (κ3) is 6.44. The van der Waals surface area contributed by atoms with Crippen molar-refractivity contribution in [1.82, 2.24) is 15.2 Å². The smallest absolute Gasteiger partial charge is 0.254 e. The number of rotatable bonds is 8. The van der Waals surface area contributed by atoms with Gasteiger partial charge in [0.05, 0.1) is 5.56 Å². The fraction of sp³-hybridized carbons (Fsp3) is 0.684. The molecule has 5 heteroatoms. The molecule has 0 aliphatic heterocycles. The fourth-order valence-electron chi connectivity index (χ4n) is 3.05. The molecule has 1 atom stereocenters. The second-order valence-electron chi connectivity index (χ2n) is 7.14. The molecule has 0 bridgehead atoms. The van der Waals surface area contributed by atoms with Crippen LogP contribution in [0, 0.1) is 5.92 Å².